The second-order valence-corrected chi connectivity index (χ2v) is 7.08. The van der Waals surface area contributed by atoms with Crippen LogP contribution >= 0.6 is 23.2 Å². The van der Waals surface area contributed by atoms with Crippen LogP contribution < -0.4 is 5.32 Å². The molecule has 1 unspecified atom stereocenters. The molecule has 24 heavy (non-hydrogen) atoms. The first-order valence-corrected chi connectivity index (χ1v) is 8.74. The molecule has 3 rings (SSSR count). The Kier molecular flexibility index (Phi) is 5.14. The van der Waals surface area contributed by atoms with Crippen molar-refractivity contribution in [1.29, 1.82) is 0 Å². The van der Waals surface area contributed by atoms with E-state index in [9.17, 15) is 9.90 Å². The lowest BCUT2D eigenvalue weighted by atomic mass is 9.68. The number of hydrogen-bond acceptors (Lipinski definition) is 2. The maximum Gasteiger partial charge on any atom is 0.230 e. The Balaban J connectivity index is 1.82. The topological polar surface area (TPSA) is 49.3 Å². The molecule has 5 heteroatoms. The van der Waals surface area contributed by atoms with Crippen LogP contribution in [0.15, 0.2) is 48.5 Å². The van der Waals surface area contributed by atoms with Crippen LogP contribution in [-0.2, 0) is 11.3 Å². The van der Waals surface area contributed by atoms with Gasteiger partial charge < -0.3 is 10.4 Å². The Bertz CT molecular complexity index is 729. The van der Waals surface area contributed by atoms with Crippen LogP contribution in [0.1, 0.15) is 36.3 Å². The van der Waals surface area contributed by atoms with Crippen LogP contribution in [0.4, 0.5) is 0 Å². The molecule has 2 N–H and O–H groups in total. The molecule has 1 atom stereocenters. The Labute approximate surface area is 151 Å². The van der Waals surface area contributed by atoms with Crippen LogP contribution in [-0.4, -0.2) is 16.6 Å². The third-order valence-electron chi connectivity index (χ3n) is 4.61. The molecule has 0 heterocycles. The van der Waals surface area contributed by atoms with Gasteiger partial charge in [0.1, 0.15) is 0 Å². The first-order valence-electron chi connectivity index (χ1n) is 7.98. The van der Waals surface area contributed by atoms with Crippen LogP contribution in [0.2, 0.25) is 10.0 Å². The molecular formula is C19H19Cl2NO2. The summed E-state index contributed by atoms with van der Waals surface area (Å²) in [4.78, 5) is 12.8. The van der Waals surface area contributed by atoms with Crippen molar-refractivity contribution in [2.75, 3.05) is 0 Å². The molecule has 0 bridgehead atoms. The lowest BCUT2D eigenvalue weighted by molar-refractivity contribution is -0.135. The van der Waals surface area contributed by atoms with E-state index in [4.69, 9.17) is 23.2 Å². The SMILES string of the molecule is O=C(NCc1ccccc1)C(c1ccc(Cl)c(Cl)c1)C1(O)CCC1. The summed E-state index contributed by atoms with van der Waals surface area (Å²) in [7, 11) is 0. The predicted octanol–water partition coefficient (Wildman–Crippen LogP) is 4.31. The predicted molar refractivity (Wildman–Crippen MR) is 96.3 cm³/mol. The zero-order chi connectivity index (χ0) is 17.2. The summed E-state index contributed by atoms with van der Waals surface area (Å²) in [5.41, 5.74) is 0.689. The van der Waals surface area contributed by atoms with E-state index in [1.165, 1.54) is 0 Å². The third-order valence-corrected chi connectivity index (χ3v) is 5.34. The number of nitrogens with one attached hydrogen (secondary N) is 1. The standard InChI is InChI=1S/C19H19Cl2NO2/c20-15-8-7-14(11-16(15)21)17(19(24)9-4-10-19)18(23)22-12-13-5-2-1-3-6-13/h1-3,5-8,11,17,24H,4,9-10,12H2,(H,22,23). The van der Waals surface area contributed by atoms with Gasteiger partial charge >= 0.3 is 0 Å². The van der Waals surface area contributed by atoms with E-state index in [0.717, 1.165) is 12.0 Å². The van der Waals surface area contributed by atoms with Gasteiger partial charge in [-0.2, -0.15) is 0 Å². The van der Waals surface area contributed by atoms with Crippen molar-refractivity contribution in [2.24, 2.45) is 0 Å². The lowest BCUT2D eigenvalue weighted by Gasteiger charge is -2.42. The van der Waals surface area contributed by atoms with Crippen LogP contribution in [0.3, 0.4) is 0 Å². The van der Waals surface area contributed by atoms with Gasteiger partial charge in [-0.1, -0.05) is 59.6 Å². The first-order chi connectivity index (χ1) is 11.5. The summed E-state index contributed by atoms with van der Waals surface area (Å²) in [6.07, 6.45) is 2.13. The highest BCUT2D eigenvalue weighted by molar-refractivity contribution is 6.42. The summed E-state index contributed by atoms with van der Waals surface area (Å²) in [6.45, 7) is 0.424. The zero-order valence-corrected chi connectivity index (χ0v) is 14.6. The number of carbonyl (C=O) groups is 1. The highest BCUT2D eigenvalue weighted by atomic mass is 35.5. The fourth-order valence-electron chi connectivity index (χ4n) is 3.11. The Morgan fingerprint density at radius 3 is 2.42 bits per heavy atom. The summed E-state index contributed by atoms with van der Waals surface area (Å²) in [6, 6.07) is 14.8. The molecule has 0 aromatic heterocycles. The van der Waals surface area contributed by atoms with Crippen molar-refractivity contribution in [2.45, 2.75) is 37.3 Å². The molecule has 2 aromatic rings. The molecular weight excluding hydrogens is 345 g/mol. The summed E-state index contributed by atoms with van der Waals surface area (Å²) in [5, 5.41) is 14.6. The van der Waals surface area contributed by atoms with Gasteiger partial charge in [-0.25, -0.2) is 0 Å². The summed E-state index contributed by atoms with van der Waals surface area (Å²) < 4.78 is 0. The smallest absolute Gasteiger partial charge is 0.230 e. The van der Waals surface area contributed by atoms with Gasteiger partial charge in [-0.15, -0.1) is 0 Å². The van der Waals surface area contributed by atoms with E-state index in [1.54, 1.807) is 18.2 Å². The van der Waals surface area contributed by atoms with Gasteiger partial charge in [0.25, 0.3) is 0 Å². The third kappa shape index (κ3) is 3.59. The molecule has 3 nitrogen and oxygen atoms in total. The fourth-order valence-corrected chi connectivity index (χ4v) is 3.42. The van der Waals surface area contributed by atoms with E-state index < -0.39 is 11.5 Å². The van der Waals surface area contributed by atoms with Crippen molar-refractivity contribution >= 4 is 29.1 Å². The van der Waals surface area contributed by atoms with Crippen molar-refractivity contribution in [3.05, 3.63) is 69.7 Å². The van der Waals surface area contributed by atoms with Crippen LogP contribution in [0, 0.1) is 0 Å². The average Bonchev–Trinajstić information content (AvgIpc) is 2.56. The number of carbonyl (C=O) groups excluding carboxylic acids is 1. The number of benzene rings is 2. The Hall–Kier alpha value is -1.55. The minimum atomic E-state index is -1.02. The molecule has 0 aliphatic heterocycles. The largest absolute Gasteiger partial charge is 0.389 e. The quantitative estimate of drug-likeness (QED) is 0.831. The van der Waals surface area contributed by atoms with Crippen LogP contribution in [0.25, 0.3) is 0 Å². The van der Waals surface area contributed by atoms with Crippen molar-refractivity contribution in [1.82, 2.24) is 5.32 Å². The number of halogens is 2. The van der Waals surface area contributed by atoms with Gasteiger partial charge in [0.05, 0.1) is 21.6 Å². The second-order valence-electron chi connectivity index (χ2n) is 6.27. The van der Waals surface area contributed by atoms with Crippen molar-refractivity contribution in [3.8, 4) is 0 Å². The summed E-state index contributed by atoms with van der Waals surface area (Å²) >= 11 is 12.1. The van der Waals surface area contributed by atoms with E-state index in [0.29, 0.717) is 35.0 Å². The van der Waals surface area contributed by atoms with Crippen molar-refractivity contribution in [3.63, 3.8) is 0 Å². The number of amides is 1. The summed E-state index contributed by atoms with van der Waals surface area (Å²) in [5.74, 6) is -0.843. The monoisotopic (exact) mass is 363 g/mol. The molecule has 1 fully saturated rings. The molecule has 1 saturated carbocycles. The Morgan fingerprint density at radius 2 is 1.83 bits per heavy atom. The first kappa shape index (κ1) is 17.3. The van der Waals surface area contributed by atoms with Gasteiger partial charge in [0.15, 0.2) is 0 Å². The second kappa shape index (κ2) is 7.14. The van der Waals surface area contributed by atoms with E-state index >= 15 is 0 Å². The number of rotatable bonds is 5. The van der Waals surface area contributed by atoms with Crippen molar-refractivity contribution < 1.29 is 9.90 Å². The maximum atomic E-state index is 12.8. The average molecular weight is 364 g/mol. The van der Waals surface area contributed by atoms with Gasteiger partial charge in [-0.3, -0.25) is 4.79 Å². The zero-order valence-electron chi connectivity index (χ0n) is 13.1. The van der Waals surface area contributed by atoms with Gasteiger partial charge in [-0.05, 0) is 42.5 Å². The normalized spacial score (nSPS) is 17.0. The molecule has 0 radical (unpaired) electrons. The number of hydrogen-bond donors (Lipinski definition) is 2. The van der Waals surface area contributed by atoms with E-state index in [2.05, 4.69) is 5.32 Å². The molecule has 0 saturated heterocycles. The maximum absolute atomic E-state index is 12.8. The molecule has 126 valence electrons. The molecule has 1 aliphatic rings. The van der Waals surface area contributed by atoms with Gasteiger partial charge in [0, 0.05) is 6.54 Å². The molecule has 1 aliphatic carbocycles. The number of aliphatic hydroxyl groups is 1. The molecule has 0 spiro atoms. The van der Waals surface area contributed by atoms with E-state index in [-0.39, 0.29) is 5.91 Å². The highest BCUT2D eigenvalue weighted by Crippen LogP contribution is 2.44. The van der Waals surface area contributed by atoms with Crippen LogP contribution in [0.5, 0.6) is 0 Å². The molecule has 1 amide bonds. The molecule has 2 aromatic carbocycles. The van der Waals surface area contributed by atoms with E-state index in [1.807, 2.05) is 30.3 Å². The lowest BCUT2D eigenvalue weighted by Crippen LogP contribution is -2.49. The van der Waals surface area contributed by atoms with Gasteiger partial charge in [0.2, 0.25) is 5.91 Å². The minimum absolute atomic E-state index is 0.195. The fraction of sp³-hybridized carbons (Fsp3) is 0.316. The Morgan fingerprint density at radius 1 is 1.12 bits per heavy atom. The minimum Gasteiger partial charge on any atom is -0.389 e. The highest BCUT2D eigenvalue weighted by Gasteiger charge is 2.46.